The van der Waals surface area contributed by atoms with E-state index < -0.39 is 0 Å². The summed E-state index contributed by atoms with van der Waals surface area (Å²) in [6.45, 7) is -0.0516. The van der Waals surface area contributed by atoms with E-state index in [1.165, 1.54) is 50.0 Å². The Morgan fingerprint density at radius 1 is 1.13 bits per heavy atom. The molecule has 11 nitrogen and oxygen atoms in total. The van der Waals surface area contributed by atoms with Crippen LogP contribution in [0.1, 0.15) is 5.69 Å². The molecule has 0 saturated carbocycles. The summed E-state index contributed by atoms with van der Waals surface area (Å²) in [7, 11) is 6.18. The number of aryl methyl sites for hydroxylation is 1. The van der Waals surface area contributed by atoms with E-state index in [9.17, 15) is 9.59 Å². The Labute approximate surface area is 182 Å². The number of nitrogens with zero attached hydrogens (tertiary/aromatic N) is 5. The van der Waals surface area contributed by atoms with Gasteiger partial charge in [-0.2, -0.15) is 0 Å². The predicted octanol–water partition coefficient (Wildman–Crippen LogP) is 1.33. The molecule has 164 valence electrons. The average Bonchev–Trinajstić information content (AvgIpc) is 3.18. The number of amides is 1. The highest BCUT2D eigenvalue weighted by atomic mass is 32.2. The van der Waals surface area contributed by atoms with E-state index in [1.54, 1.807) is 29.8 Å². The van der Waals surface area contributed by atoms with Crippen LogP contribution in [0, 0.1) is 0 Å². The van der Waals surface area contributed by atoms with E-state index in [1.807, 2.05) is 0 Å². The summed E-state index contributed by atoms with van der Waals surface area (Å²) >= 11 is 1.34. The smallest absolute Gasteiger partial charge is 0.244 e. The van der Waals surface area contributed by atoms with Crippen LogP contribution in [0.15, 0.2) is 40.4 Å². The largest absolute Gasteiger partial charge is 0.497 e. The SMILES string of the molecule is COc1ccc(OC)c(NC(=O)Cn2cc(OC)c(=O)cc2CSc2nnnn2C)c1. The number of hydrogen-bond donors (Lipinski definition) is 1. The fraction of sp³-hybridized carbons (Fsp3) is 0.316. The fourth-order valence-corrected chi connectivity index (χ4v) is 3.60. The van der Waals surface area contributed by atoms with Crippen molar-refractivity contribution in [2.75, 3.05) is 26.6 Å². The van der Waals surface area contributed by atoms with E-state index in [4.69, 9.17) is 14.2 Å². The highest BCUT2D eigenvalue weighted by molar-refractivity contribution is 7.98. The molecular weight excluding hydrogens is 424 g/mol. The summed E-state index contributed by atoms with van der Waals surface area (Å²) in [5.74, 6) is 1.28. The van der Waals surface area contributed by atoms with Gasteiger partial charge >= 0.3 is 0 Å². The zero-order chi connectivity index (χ0) is 22.4. The van der Waals surface area contributed by atoms with Gasteiger partial charge in [-0.05, 0) is 22.6 Å². The van der Waals surface area contributed by atoms with Crippen molar-refractivity contribution < 1.29 is 19.0 Å². The summed E-state index contributed by atoms with van der Waals surface area (Å²) in [4.78, 5) is 25.0. The summed E-state index contributed by atoms with van der Waals surface area (Å²) in [6, 6.07) is 6.54. The molecular formula is C19H22N6O5S. The molecule has 3 rings (SSSR count). The van der Waals surface area contributed by atoms with Gasteiger partial charge in [0.25, 0.3) is 0 Å². The van der Waals surface area contributed by atoms with E-state index in [-0.39, 0.29) is 23.6 Å². The number of aromatic nitrogens is 5. The maximum atomic E-state index is 12.8. The number of nitrogens with one attached hydrogen (secondary N) is 1. The van der Waals surface area contributed by atoms with Gasteiger partial charge in [-0.15, -0.1) is 5.10 Å². The zero-order valence-electron chi connectivity index (χ0n) is 17.5. The first-order valence-corrected chi connectivity index (χ1v) is 10.1. The van der Waals surface area contributed by atoms with E-state index >= 15 is 0 Å². The Balaban J connectivity index is 1.83. The average molecular weight is 446 g/mol. The molecule has 0 spiro atoms. The van der Waals surface area contributed by atoms with Gasteiger partial charge in [0.05, 0.1) is 33.2 Å². The maximum Gasteiger partial charge on any atom is 0.244 e. The van der Waals surface area contributed by atoms with Crippen LogP contribution >= 0.6 is 11.8 Å². The first kappa shape index (κ1) is 22.2. The second-order valence-electron chi connectivity index (χ2n) is 6.31. The molecule has 1 N–H and O–H groups in total. The fourth-order valence-electron chi connectivity index (χ4n) is 2.76. The first-order chi connectivity index (χ1) is 14.9. The minimum Gasteiger partial charge on any atom is -0.497 e. The topological polar surface area (TPSA) is 122 Å². The van der Waals surface area contributed by atoms with Crippen molar-refractivity contribution in [1.29, 1.82) is 0 Å². The molecule has 0 aliphatic rings. The van der Waals surface area contributed by atoms with Gasteiger partial charge in [0, 0.05) is 30.6 Å². The molecule has 0 atom stereocenters. The number of ether oxygens (including phenoxy) is 3. The van der Waals surface area contributed by atoms with Crippen LogP contribution in [0.5, 0.6) is 17.2 Å². The summed E-state index contributed by atoms with van der Waals surface area (Å²) in [5, 5.41) is 14.7. The Bertz CT molecular complexity index is 1130. The summed E-state index contributed by atoms with van der Waals surface area (Å²) in [6.07, 6.45) is 1.51. The third kappa shape index (κ3) is 5.34. The minimum atomic E-state index is -0.316. The normalized spacial score (nSPS) is 10.6. The molecule has 12 heteroatoms. The van der Waals surface area contributed by atoms with Crippen molar-refractivity contribution in [2.24, 2.45) is 7.05 Å². The Hall–Kier alpha value is -3.54. The number of anilines is 1. The van der Waals surface area contributed by atoms with E-state index in [0.29, 0.717) is 33.8 Å². The molecule has 0 bridgehead atoms. The molecule has 3 aromatic rings. The molecule has 0 aliphatic heterocycles. The van der Waals surface area contributed by atoms with Crippen molar-refractivity contribution in [3.63, 3.8) is 0 Å². The van der Waals surface area contributed by atoms with Crippen LogP contribution in [0.4, 0.5) is 5.69 Å². The third-order valence-corrected chi connectivity index (χ3v) is 5.37. The Kier molecular flexibility index (Phi) is 7.13. The third-order valence-electron chi connectivity index (χ3n) is 4.33. The van der Waals surface area contributed by atoms with Crippen LogP contribution in [0.25, 0.3) is 0 Å². The zero-order valence-corrected chi connectivity index (χ0v) is 18.3. The van der Waals surface area contributed by atoms with E-state index in [2.05, 4.69) is 20.8 Å². The van der Waals surface area contributed by atoms with Gasteiger partial charge < -0.3 is 24.1 Å². The molecule has 0 fully saturated rings. The lowest BCUT2D eigenvalue weighted by molar-refractivity contribution is -0.116. The van der Waals surface area contributed by atoms with Crippen LogP contribution in [0.3, 0.4) is 0 Å². The van der Waals surface area contributed by atoms with Crippen LogP contribution in [0.2, 0.25) is 0 Å². The molecule has 0 aliphatic carbocycles. The predicted molar refractivity (Wildman–Crippen MR) is 114 cm³/mol. The quantitative estimate of drug-likeness (QED) is 0.485. The van der Waals surface area contributed by atoms with Crippen LogP contribution < -0.4 is 25.0 Å². The molecule has 1 aromatic carbocycles. The lowest BCUT2D eigenvalue weighted by Crippen LogP contribution is -2.23. The number of pyridine rings is 1. The van der Waals surface area contributed by atoms with Gasteiger partial charge in [0.15, 0.2) is 5.75 Å². The van der Waals surface area contributed by atoms with Gasteiger partial charge in [-0.1, -0.05) is 11.8 Å². The standard InChI is InChI=1S/C19H22N6O5S/c1-24-19(21-22-23-24)31-11-12-7-15(26)17(30-4)9-25(12)10-18(27)20-14-8-13(28-2)5-6-16(14)29-3/h5-9H,10-11H2,1-4H3,(H,20,27). The summed E-state index contributed by atoms with van der Waals surface area (Å²) in [5.41, 5.74) is 0.813. The molecule has 0 saturated heterocycles. The van der Waals surface area contributed by atoms with Crippen molar-refractivity contribution in [2.45, 2.75) is 17.5 Å². The van der Waals surface area contributed by atoms with Crippen molar-refractivity contribution >= 4 is 23.4 Å². The molecule has 0 radical (unpaired) electrons. The van der Waals surface area contributed by atoms with Gasteiger partial charge in [-0.25, -0.2) is 4.68 Å². The molecule has 2 aromatic heterocycles. The Morgan fingerprint density at radius 2 is 1.90 bits per heavy atom. The number of hydrogen-bond acceptors (Lipinski definition) is 9. The summed E-state index contributed by atoms with van der Waals surface area (Å²) < 4.78 is 18.8. The molecule has 0 unspecified atom stereocenters. The number of thioether (sulfide) groups is 1. The number of benzene rings is 1. The van der Waals surface area contributed by atoms with Crippen molar-refractivity contribution in [3.8, 4) is 17.2 Å². The second-order valence-corrected chi connectivity index (χ2v) is 7.26. The first-order valence-electron chi connectivity index (χ1n) is 9.09. The number of tetrazole rings is 1. The van der Waals surface area contributed by atoms with Gasteiger partial charge in [-0.3, -0.25) is 9.59 Å². The van der Waals surface area contributed by atoms with Crippen molar-refractivity contribution in [3.05, 3.63) is 46.4 Å². The molecule has 31 heavy (non-hydrogen) atoms. The lowest BCUT2D eigenvalue weighted by atomic mass is 10.2. The number of carbonyl (C=O) groups excluding carboxylic acids is 1. The highest BCUT2D eigenvalue weighted by Gasteiger charge is 2.14. The number of carbonyl (C=O) groups is 1. The van der Waals surface area contributed by atoms with Crippen molar-refractivity contribution in [1.82, 2.24) is 24.8 Å². The Morgan fingerprint density at radius 3 is 2.55 bits per heavy atom. The molecule has 1 amide bonds. The second kappa shape index (κ2) is 9.98. The maximum absolute atomic E-state index is 12.8. The van der Waals surface area contributed by atoms with Gasteiger partial charge in [0.2, 0.25) is 16.5 Å². The molecule has 2 heterocycles. The van der Waals surface area contributed by atoms with E-state index in [0.717, 1.165) is 0 Å². The lowest BCUT2D eigenvalue weighted by Gasteiger charge is -2.16. The van der Waals surface area contributed by atoms with Crippen LogP contribution in [-0.4, -0.2) is 52.0 Å². The van der Waals surface area contributed by atoms with Gasteiger partial charge in [0.1, 0.15) is 18.0 Å². The van der Waals surface area contributed by atoms with Crippen LogP contribution in [-0.2, 0) is 24.1 Å². The number of rotatable bonds is 9. The highest BCUT2D eigenvalue weighted by Crippen LogP contribution is 2.29. The minimum absolute atomic E-state index is 0.0516. The monoisotopic (exact) mass is 446 g/mol. The number of methoxy groups -OCH3 is 3.